The van der Waals surface area contributed by atoms with Crippen LogP contribution in [0.2, 0.25) is 0 Å². The summed E-state index contributed by atoms with van der Waals surface area (Å²) < 4.78 is 0. The van der Waals surface area contributed by atoms with Crippen LogP contribution >= 0.6 is 12.4 Å². The lowest BCUT2D eigenvalue weighted by molar-refractivity contribution is -0.126. The van der Waals surface area contributed by atoms with Crippen molar-refractivity contribution in [2.24, 2.45) is 23.2 Å². The van der Waals surface area contributed by atoms with Crippen LogP contribution in [0.3, 0.4) is 0 Å². The van der Waals surface area contributed by atoms with Crippen LogP contribution in [0.15, 0.2) is 0 Å². The third-order valence-electron chi connectivity index (χ3n) is 5.63. The normalized spacial score (nSPS) is 32.9. The summed E-state index contributed by atoms with van der Waals surface area (Å²) in [5.74, 6) is 2.08. The molecular formula is C18H35ClN2O. The Bertz CT molecular complexity index is 345. The van der Waals surface area contributed by atoms with Gasteiger partial charge in [-0.25, -0.2) is 0 Å². The van der Waals surface area contributed by atoms with Crippen molar-refractivity contribution in [1.29, 1.82) is 0 Å². The van der Waals surface area contributed by atoms with Gasteiger partial charge >= 0.3 is 0 Å². The topological polar surface area (TPSA) is 41.1 Å². The van der Waals surface area contributed by atoms with Crippen LogP contribution in [0.25, 0.3) is 0 Å². The molecule has 0 spiro atoms. The van der Waals surface area contributed by atoms with Gasteiger partial charge in [0.05, 0.1) is 0 Å². The Kier molecular flexibility index (Phi) is 7.67. The van der Waals surface area contributed by atoms with E-state index < -0.39 is 0 Å². The van der Waals surface area contributed by atoms with E-state index in [-0.39, 0.29) is 18.3 Å². The Balaban J connectivity index is 0.00000242. The first-order valence-corrected chi connectivity index (χ1v) is 8.87. The van der Waals surface area contributed by atoms with E-state index in [0.717, 1.165) is 31.8 Å². The van der Waals surface area contributed by atoms with Crippen molar-refractivity contribution >= 4 is 18.3 Å². The summed E-state index contributed by atoms with van der Waals surface area (Å²) >= 11 is 0. The van der Waals surface area contributed by atoms with E-state index in [4.69, 9.17) is 0 Å². The summed E-state index contributed by atoms with van der Waals surface area (Å²) in [6.45, 7) is 11.1. The largest absolute Gasteiger partial charge is 0.356 e. The van der Waals surface area contributed by atoms with Crippen LogP contribution in [0.5, 0.6) is 0 Å². The molecule has 2 rings (SSSR count). The lowest BCUT2D eigenvalue weighted by Gasteiger charge is -2.37. The molecule has 130 valence electrons. The van der Waals surface area contributed by atoms with Gasteiger partial charge in [-0.05, 0) is 69.2 Å². The fraction of sp³-hybridized carbons (Fsp3) is 0.944. The summed E-state index contributed by atoms with van der Waals surface area (Å²) in [7, 11) is 0. The Morgan fingerprint density at radius 1 is 1.14 bits per heavy atom. The molecule has 0 aromatic rings. The molecule has 4 heteroatoms. The molecule has 22 heavy (non-hydrogen) atoms. The summed E-state index contributed by atoms with van der Waals surface area (Å²) in [6.07, 6.45) is 7.20. The number of amides is 1. The van der Waals surface area contributed by atoms with Crippen molar-refractivity contribution in [1.82, 2.24) is 10.6 Å². The maximum Gasteiger partial charge on any atom is 0.223 e. The predicted octanol–water partition coefficient (Wildman–Crippen LogP) is 3.77. The third kappa shape index (κ3) is 5.73. The Labute approximate surface area is 142 Å². The molecule has 0 unspecified atom stereocenters. The van der Waals surface area contributed by atoms with E-state index in [0.29, 0.717) is 23.3 Å². The molecule has 0 bridgehead atoms. The first-order chi connectivity index (χ1) is 9.86. The fourth-order valence-electron chi connectivity index (χ4n) is 3.99. The zero-order valence-electron chi connectivity index (χ0n) is 14.8. The molecule has 1 amide bonds. The second-order valence-electron chi connectivity index (χ2n) is 8.41. The van der Waals surface area contributed by atoms with E-state index in [2.05, 4.69) is 38.3 Å². The van der Waals surface area contributed by atoms with Crippen molar-refractivity contribution in [3.63, 3.8) is 0 Å². The molecule has 2 N–H and O–H groups in total. The summed E-state index contributed by atoms with van der Waals surface area (Å²) in [4.78, 5) is 12.3. The number of nitrogens with one attached hydrogen (secondary N) is 2. The van der Waals surface area contributed by atoms with Gasteiger partial charge in [0.2, 0.25) is 5.91 Å². The first kappa shape index (κ1) is 19.8. The number of rotatable bonds is 3. The maximum atomic E-state index is 12.3. The molecule has 0 aromatic heterocycles. The van der Waals surface area contributed by atoms with Gasteiger partial charge in [0.1, 0.15) is 0 Å². The van der Waals surface area contributed by atoms with E-state index in [9.17, 15) is 4.79 Å². The SMILES string of the molecule is C[C@H]1C[C@@H](C(=O)NCC2CCC(C(C)(C)C)CC2)CCN1.Cl. The highest BCUT2D eigenvalue weighted by Gasteiger charge is 2.30. The summed E-state index contributed by atoms with van der Waals surface area (Å²) in [5, 5.41) is 6.64. The highest BCUT2D eigenvalue weighted by atomic mass is 35.5. The van der Waals surface area contributed by atoms with Gasteiger partial charge < -0.3 is 10.6 Å². The Hall–Kier alpha value is -0.280. The van der Waals surface area contributed by atoms with Gasteiger partial charge in [-0.1, -0.05) is 20.8 Å². The highest BCUT2D eigenvalue weighted by Crippen LogP contribution is 2.39. The zero-order chi connectivity index (χ0) is 15.5. The molecule has 0 radical (unpaired) electrons. The van der Waals surface area contributed by atoms with Gasteiger partial charge in [0.25, 0.3) is 0 Å². The minimum Gasteiger partial charge on any atom is -0.356 e. The zero-order valence-corrected chi connectivity index (χ0v) is 15.6. The van der Waals surface area contributed by atoms with Gasteiger partial charge in [-0.15, -0.1) is 12.4 Å². The number of carbonyl (C=O) groups excluding carboxylic acids is 1. The monoisotopic (exact) mass is 330 g/mol. The molecular weight excluding hydrogens is 296 g/mol. The van der Waals surface area contributed by atoms with Gasteiger partial charge in [-0.2, -0.15) is 0 Å². The van der Waals surface area contributed by atoms with Crippen molar-refractivity contribution in [3.8, 4) is 0 Å². The first-order valence-electron chi connectivity index (χ1n) is 8.87. The van der Waals surface area contributed by atoms with Gasteiger partial charge in [0, 0.05) is 18.5 Å². The number of hydrogen-bond acceptors (Lipinski definition) is 2. The molecule has 1 saturated carbocycles. The quantitative estimate of drug-likeness (QED) is 0.827. The number of halogens is 1. The average Bonchev–Trinajstić information content (AvgIpc) is 2.44. The Morgan fingerprint density at radius 3 is 2.32 bits per heavy atom. The summed E-state index contributed by atoms with van der Waals surface area (Å²) in [6, 6.07) is 0.483. The number of hydrogen-bond donors (Lipinski definition) is 2. The second kappa shape index (κ2) is 8.54. The second-order valence-corrected chi connectivity index (χ2v) is 8.41. The standard InChI is InChI=1S/C18H34N2O.ClH/c1-13-11-15(9-10-19-13)17(21)20-12-14-5-7-16(8-6-14)18(2,3)4;/h13-16,19H,5-12H2,1-4H3,(H,20,21);1H/t13-,14?,15-,16?;/m0./s1. The Morgan fingerprint density at radius 2 is 1.77 bits per heavy atom. The molecule has 0 aromatic carbocycles. The van der Waals surface area contributed by atoms with E-state index in [1.807, 2.05) is 0 Å². The summed E-state index contributed by atoms with van der Waals surface area (Å²) in [5.41, 5.74) is 0.444. The average molecular weight is 331 g/mol. The highest BCUT2D eigenvalue weighted by molar-refractivity contribution is 5.85. The van der Waals surface area contributed by atoms with Crippen LogP contribution in [-0.2, 0) is 4.79 Å². The van der Waals surface area contributed by atoms with Crippen molar-refractivity contribution in [2.75, 3.05) is 13.1 Å². The lowest BCUT2D eigenvalue weighted by atomic mass is 9.70. The lowest BCUT2D eigenvalue weighted by Crippen LogP contribution is -2.43. The molecule has 2 aliphatic rings. The van der Waals surface area contributed by atoms with Crippen LogP contribution in [0.4, 0.5) is 0 Å². The van der Waals surface area contributed by atoms with Gasteiger partial charge in [-0.3, -0.25) is 4.79 Å². The predicted molar refractivity (Wildman–Crippen MR) is 95.3 cm³/mol. The molecule has 3 nitrogen and oxygen atoms in total. The van der Waals surface area contributed by atoms with Gasteiger partial charge in [0.15, 0.2) is 0 Å². The van der Waals surface area contributed by atoms with Crippen LogP contribution in [0, 0.1) is 23.2 Å². The number of piperidine rings is 1. The fourth-order valence-corrected chi connectivity index (χ4v) is 3.99. The van der Waals surface area contributed by atoms with E-state index in [1.54, 1.807) is 0 Å². The molecule has 1 aliphatic carbocycles. The molecule has 1 aliphatic heterocycles. The maximum absolute atomic E-state index is 12.3. The molecule has 2 fully saturated rings. The molecule has 1 saturated heterocycles. The van der Waals surface area contributed by atoms with Crippen molar-refractivity contribution in [2.45, 2.75) is 72.3 Å². The molecule has 1 heterocycles. The van der Waals surface area contributed by atoms with Crippen molar-refractivity contribution < 1.29 is 4.79 Å². The van der Waals surface area contributed by atoms with Crippen LogP contribution in [-0.4, -0.2) is 25.0 Å². The third-order valence-corrected chi connectivity index (χ3v) is 5.63. The molecule has 2 atom stereocenters. The van der Waals surface area contributed by atoms with Crippen LogP contribution < -0.4 is 10.6 Å². The van der Waals surface area contributed by atoms with E-state index in [1.165, 1.54) is 25.7 Å². The minimum absolute atomic E-state index is 0. The minimum atomic E-state index is 0. The smallest absolute Gasteiger partial charge is 0.223 e. The van der Waals surface area contributed by atoms with Crippen molar-refractivity contribution in [3.05, 3.63) is 0 Å². The van der Waals surface area contributed by atoms with E-state index >= 15 is 0 Å². The van der Waals surface area contributed by atoms with Crippen LogP contribution in [0.1, 0.15) is 66.2 Å². The number of carbonyl (C=O) groups is 1.